The summed E-state index contributed by atoms with van der Waals surface area (Å²) in [5.41, 5.74) is 0.695. The van der Waals surface area contributed by atoms with Crippen LogP contribution in [0.15, 0.2) is 22.7 Å². The average Bonchev–Trinajstić information content (AvgIpc) is 3.11. The maximum atomic E-state index is 12.1. The van der Waals surface area contributed by atoms with Gasteiger partial charge in [0.25, 0.3) is 5.91 Å². The van der Waals surface area contributed by atoms with Crippen LogP contribution in [-0.4, -0.2) is 31.5 Å². The summed E-state index contributed by atoms with van der Waals surface area (Å²) in [5, 5.41) is 0. The molecule has 0 aliphatic heterocycles. The number of ether oxygens (including phenoxy) is 1. The summed E-state index contributed by atoms with van der Waals surface area (Å²) in [6, 6.07) is 5.42. The molecule has 1 amide bonds. The van der Waals surface area contributed by atoms with Gasteiger partial charge in [-0.25, -0.2) is 0 Å². The molecule has 1 aliphatic carbocycles. The molecule has 92 valence electrons. The van der Waals surface area contributed by atoms with Crippen molar-refractivity contribution in [1.29, 1.82) is 0 Å². The predicted molar refractivity (Wildman–Crippen MR) is 70.4 cm³/mol. The van der Waals surface area contributed by atoms with Crippen molar-refractivity contribution in [3.8, 4) is 5.75 Å². The molecule has 0 saturated heterocycles. The van der Waals surface area contributed by atoms with E-state index in [0.29, 0.717) is 11.5 Å². The zero-order chi connectivity index (χ0) is 12.4. The van der Waals surface area contributed by atoms with Gasteiger partial charge >= 0.3 is 0 Å². The van der Waals surface area contributed by atoms with Crippen LogP contribution in [0, 0.1) is 5.92 Å². The van der Waals surface area contributed by atoms with E-state index in [1.165, 1.54) is 12.8 Å². The monoisotopic (exact) mass is 297 g/mol. The van der Waals surface area contributed by atoms with Gasteiger partial charge in [0.05, 0.1) is 11.6 Å². The fourth-order valence-corrected chi connectivity index (χ4v) is 2.33. The molecule has 1 fully saturated rings. The van der Waals surface area contributed by atoms with Crippen LogP contribution in [0.2, 0.25) is 0 Å². The molecule has 0 spiro atoms. The van der Waals surface area contributed by atoms with E-state index < -0.39 is 0 Å². The number of hydrogen-bond acceptors (Lipinski definition) is 2. The number of benzene rings is 1. The zero-order valence-electron chi connectivity index (χ0n) is 10.1. The fraction of sp³-hybridized carbons (Fsp3) is 0.462. The van der Waals surface area contributed by atoms with E-state index in [1.807, 2.05) is 19.2 Å². The lowest BCUT2D eigenvalue weighted by atomic mass is 10.2. The second kappa shape index (κ2) is 5.08. The molecule has 0 radical (unpaired) electrons. The van der Waals surface area contributed by atoms with Gasteiger partial charge in [0.15, 0.2) is 0 Å². The molecule has 0 heterocycles. The number of hydrogen-bond donors (Lipinski definition) is 0. The number of carbonyl (C=O) groups excluding carboxylic acids is 1. The van der Waals surface area contributed by atoms with Gasteiger partial charge in [0, 0.05) is 19.2 Å². The molecular weight excluding hydrogens is 282 g/mol. The first kappa shape index (κ1) is 12.4. The van der Waals surface area contributed by atoms with Gasteiger partial charge in [-0.2, -0.15) is 0 Å². The van der Waals surface area contributed by atoms with Crippen LogP contribution in [-0.2, 0) is 0 Å². The number of methoxy groups -OCH3 is 1. The molecular formula is C13H16BrNO2. The van der Waals surface area contributed by atoms with Crippen LogP contribution in [0.1, 0.15) is 23.2 Å². The lowest BCUT2D eigenvalue weighted by molar-refractivity contribution is 0.0788. The largest absolute Gasteiger partial charge is 0.496 e. The Morgan fingerprint density at radius 1 is 1.53 bits per heavy atom. The van der Waals surface area contributed by atoms with E-state index in [9.17, 15) is 4.79 Å². The quantitative estimate of drug-likeness (QED) is 0.855. The summed E-state index contributed by atoms with van der Waals surface area (Å²) < 4.78 is 5.95. The number of halogens is 1. The van der Waals surface area contributed by atoms with E-state index in [2.05, 4.69) is 15.9 Å². The Morgan fingerprint density at radius 2 is 2.24 bits per heavy atom. The summed E-state index contributed by atoms with van der Waals surface area (Å²) in [5.74, 6) is 1.53. The second-order valence-corrected chi connectivity index (χ2v) is 5.33. The predicted octanol–water partition coefficient (Wildman–Crippen LogP) is 2.94. The third kappa shape index (κ3) is 3.00. The van der Waals surface area contributed by atoms with Gasteiger partial charge in [0.1, 0.15) is 5.75 Å². The van der Waals surface area contributed by atoms with Gasteiger partial charge in [-0.15, -0.1) is 0 Å². The minimum atomic E-state index is 0.0697. The molecule has 0 N–H and O–H groups in total. The van der Waals surface area contributed by atoms with Crippen LogP contribution in [0.4, 0.5) is 0 Å². The van der Waals surface area contributed by atoms with Crippen molar-refractivity contribution in [2.24, 2.45) is 5.92 Å². The summed E-state index contributed by atoms with van der Waals surface area (Å²) >= 11 is 3.39. The van der Waals surface area contributed by atoms with Gasteiger partial charge < -0.3 is 9.64 Å². The van der Waals surface area contributed by atoms with Crippen molar-refractivity contribution < 1.29 is 9.53 Å². The Balaban J connectivity index is 2.09. The third-order valence-corrected chi connectivity index (χ3v) is 3.59. The maximum Gasteiger partial charge on any atom is 0.253 e. The lowest BCUT2D eigenvalue weighted by Gasteiger charge is -2.17. The third-order valence-electron chi connectivity index (χ3n) is 2.97. The number of rotatable bonds is 4. The Bertz CT molecular complexity index is 429. The summed E-state index contributed by atoms with van der Waals surface area (Å²) in [4.78, 5) is 13.9. The summed E-state index contributed by atoms with van der Waals surface area (Å²) in [6.07, 6.45) is 2.51. The molecule has 3 nitrogen and oxygen atoms in total. The first-order valence-corrected chi connectivity index (χ1v) is 6.50. The first-order valence-electron chi connectivity index (χ1n) is 5.71. The number of carbonyl (C=O) groups is 1. The van der Waals surface area contributed by atoms with Crippen LogP contribution in [0.3, 0.4) is 0 Å². The van der Waals surface area contributed by atoms with Gasteiger partial charge in [-0.05, 0) is 52.9 Å². The second-order valence-electron chi connectivity index (χ2n) is 4.48. The molecule has 2 rings (SSSR count). The molecule has 17 heavy (non-hydrogen) atoms. The van der Waals surface area contributed by atoms with Crippen LogP contribution >= 0.6 is 15.9 Å². The molecule has 1 aromatic rings. The zero-order valence-corrected chi connectivity index (χ0v) is 11.7. The Labute approximate surface area is 110 Å². The average molecular weight is 298 g/mol. The maximum absolute atomic E-state index is 12.1. The summed E-state index contributed by atoms with van der Waals surface area (Å²) in [6.45, 7) is 0.864. The highest BCUT2D eigenvalue weighted by Gasteiger charge is 2.25. The minimum Gasteiger partial charge on any atom is -0.496 e. The van der Waals surface area contributed by atoms with E-state index >= 15 is 0 Å². The molecule has 4 heteroatoms. The van der Waals surface area contributed by atoms with Gasteiger partial charge in [0.2, 0.25) is 0 Å². The van der Waals surface area contributed by atoms with Crippen LogP contribution in [0.5, 0.6) is 5.75 Å². The van der Waals surface area contributed by atoms with E-state index in [1.54, 1.807) is 18.1 Å². The topological polar surface area (TPSA) is 29.5 Å². The molecule has 0 unspecified atom stereocenters. The SMILES string of the molecule is COc1ccc(C(=O)N(C)CC2CC2)cc1Br. The standard InChI is InChI=1S/C13H16BrNO2/c1-15(8-9-3-4-9)13(16)10-5-6-12(17-2)11(14)7-10/h5-7,9H,3-4,8H2,1-2H3. The fourth-order valence-electron chi connectivity index (χ4n) is 1.79. The number of amides is 1. The highest BCUT2D eigenvalue weighted by atomic mass is 79.9. The van der Waals surface area contributed by atoms with Crippen LogP contribution < -0.4 is 4.74 Å². The van der Waals surface area contributed by atoms with Crippen molar-refractivity contribution in [1.82, 2.24) is 4.90 Å². The molecule has 0 aromatic heterocycles. The molecule has 0 atom stereocenters. The summed E-state index contributed by atoms with van der Waals surface area (Å²) in [7, 11) is 3.47. The lowest BCUT2D eigenvalue weighted by Crippen LogP contribution is -2.28. The van der Waals surface area contributed by atoms with Gasteiger partial charge in [-0.1, -0.05) is 0 Å². The number of nitrogens with zero attached hydrogens (tertiary/aromatic N) is 1. The normalized spacial score (nSPS) is 14.5. The molecule has 0 bridgehead atoms. The van der Waals surface area contributed by atoms with Crippen LogP contribution in [0.25, 0.3) is 0 Å². The molecule has 1 aromatic carbocycles. The van der Waals surface area contributed by atoms with Crippen molar-refractivity contribution in [3.63, 3.8) is 0 Å². The van der Waals surface area contributed by atoms with Crippen molar-refractivity contribution in [2.45, 2.75) is 12.8 Å². The molecule has 1 aliphatic rings. The van der Waals surface area contributed by atoms with E-state index in [0.717, 1.165) is 16.8 Å². The van der Waals surface area contributed by atoms with Crippen molar-refractivity contribution >= 4 is 21.8 Å². The highest BCUT2D eigenvalue weighted by Crippen LogP contribution is 2.30. The van der Waals surface area contributed by atoms with E-state index in [4.69, 9.17) is 4.74 Å². The smallest absolute Gasteiger partial charge is 0.253 e. The Hall–Kier alpha value is -1.03. The van der Waals surface area contributed by atoms with Gasteiger partial charge in [-0.3, -0.25) is 4.79 Å². The Kier molecular flexibility index (Phi) is 3.72. The van der Waals surface area contributed by atoms with Crippen molar-refractivity contribution in [3.05, 3.63) is 28.2 Å². The first-order chi connectivity index (χ1) is 8.11. The Morgan fingerprint density at radius 3 is 2.76 bits per heavy atom. The highest BCUT2D eigenvalue weighted by molar-refractivity contribution is 9.10. The van der Waals surface area contributed by atoms with E-state index in [-0.39, 0.29) is 5.91 Å². The minimum absolute atomic E-state index is 0.0697. The molecule has 1 saturated carbocycles. The van der Waals surface area contributed by atoms with Crippen molar-refractivity contribution in [2.75, 3.05) is 20.7 Å².